The molecule has 2 aliphatic rings. The van der Waals surface area contributed by atoms with E-state index in [4.69, 9.17) is 0 Å². The van der Waals surface area contributed by atoms with Crippen molar-refractivity contribution in [2.24, 2.45) is 5.92 Å². The van der Waals surface area contributed by atoms with Crippen LogP contribution in [-0.4, -0.2) is 84.3 Å². The van der Waals surface area contributed by atoms with Gasteiger partial charge in [0.25, 0.3) is 5.91 Å². The molecule has 1 aliphatic carbocycles. The molecule has 2 fully saturated rings. The lowest BCUT2D eigenvalue weighted by molar-refractivity contribution is -0.133. The van der Waals surface area contributed by atoms with Crippen molar-refractivity contribution >= 4 is 33.0 Å². The van der Waals surface area contributed by atoms with Gasteiger partial charge >= 0.3 is 0 Å². The van der Waals surface area contributed by atoms with Crippen LogP contribution in [0.25, 0.3) is 10.6 Å². The first kappa shape index (κ1) is 28.7. The molecule has 208 valence electrons. The van der Waals surface area contributed by atoms with E-state index in [9.17, 15) is 18.0 Å². The largest absolute Gasteiger partial charge is 0.340 e. The van der Waals surface area contributed by atoms with E-state index in [-0.39, 0.29) is 35.3 Å². The third-order valence-electron chi connectivity index (χ3n) is 8.15. The number of carbonyl (C=O) groups excluding carboxylic acids is 2. The summed E-state index contributed by atoms with van der Waals surface area (Å²) in [5.41, 5.74) is 2.30. The second kappa shape index (κ2) is 11.8. The molecule has 0 radical (unpaired) electrons. The van der Waals surface area contributed by atoms with Crippen molar-refractivity contribution in [3.8, 4) is 10.6 Å². The van der Waals surface area contributed by atoms with Crippen molar-refractivity contribution in [3.05, 3.63) is 40.9 Å². The maximum atomic E-state index is 13.5. The molecule has 2 aromatic rings. The quantitative estimate of drug-likeness (QED) is 0.501. The zero-order valence-electron chi connectivity index (χ0n) is 23.0. The first-order valence-electron chi connectivity index (χ1n) is 13.5. The molecule has 4 atom stereocenters. The number of carbonyl (C=O) groups is 2. The highest BCUT2D eigenvalue weighted by Crippen LogP contribution is 2.35. The summed E-state index contributed by atoms with van der Waals surface area (Å²) in [7, 11) is -1.10. The van der Waals surface area contributed by atoms with E-state index in [0.717, 1.165) is 35.5 Å². The van der Waals surface area contributed by atoms with E-state index in [1.165, 1.54) is 11.3 Å². The Morgan fingerprint density at radius 2 is 2.03 bits per heavy atom. The molecular formula is C28H40N4O4S2. The number of benzene rings is 1. The van der Waals surface area contributed by atoms with Crippen LogP contribution >= 0.6 is 11.3 Å². The summed E-state index contributed by atoms with van der Waals surface area (Å²) in [6.07, 6.45) is 2.97. The lowest BCUT2D eigenvalue weighted by Gasteiger charge is -2.44. The van der Waals surface area contributed by atoms with E-state index < -0.39 is 15.9 Å². The lowest BCUT2D eigenvalue weighted by Crippen LogP contribution is -2.53. The Kier molecular flexibility index (Phi) is 8.94. The summed E-state index contributed by atoms with van der Waals surface area (Å²) < 4.78 is 25.3. The molecule has 0 spiro atoms. The number of aromatic nitrogens is 1. The molecule has 1 aliphatic heterocycles. The van der Waals surface area contributed by atoms with Crippen LogP contribution in [0.1, 0.15) is 62.5 Å². The molecule has 1 aromatic carbocycles. The minimum Gasteiger partial charge on any atom is -0.340 e. The van der Waals surface area contributed by atoms with Gasteiger partial charge in [-0.15, -0.1) is 11.3 Å². The first-order chi connectivity index (χ1) is 18.0. The summed E-state index contributed by atoms with van der Waals surface area (Å²) in [4.78, 5) is 35.3. The van der Waals surface area contributed by atoms with Crippen LogP contribution in [0.3, 0.4) is 0 Å². The fourth-order valence-electron chi connectivity index (χ4n) is 5.74. The number of likely N-dealkylation sites (tertiary alicyclic amines) is 1. The van der Waals surface area contributed by atoms with Gasteiger partial charge in [-0.1, -0.05) is 19.1 Å². The Labute approximate surface area is 230 Å². The Balaban J connectivity index is 1.46. The van der Waals surface area contributed by atoms with Crippen molar-refractivity contribution < 1.29 is 18.0 Å². The Morgan fingerprint density at radius 1 is 1.26 bits per heavy atom. The second-order valence-corrected chi connectivity index (χ2v) is 14.2. The molecule has 0 bridgehead atoms. The average Bonchev–Trinajstić information content (AvgIpc) is 3.49. The van der Waals surface area contributed by atoms with Gasteiger partial charge in [0, 0.05) is 52.6 Å². The number of aryl methyl sites for hydroxylation is 1. The highest BCUT2D eigenvalue weighted by atomic mass is 32.2. The summed E-state index contributed by atoms with van der Waals surface area (Å²) in [6, 6.07) is 7.24. The van der Waals surface area contributed by atoms with Gasteiger partial charge in [0.05, 0.1) is 5.75 Å². The average molecular weight is 561 g/mol. The minimum absolute atomic E-state index is 0.0976. The zero-order valence-corrected chi connectivity index (χ0v) is 24.6. The smallest absolute Gasteiger partial charge is 0.251 e. The molecule has 0 unspecified atom stereocenters. The Morgan fingerprint density at radius 3 is 2.68 bits per heavy atom. The molecule has 4 rings (SSSR count). The summed E-state index contributed by atoms with van der Waals surface area (Å²) in [5.74, 6) is -0.304. The second-order valence-electron chi connectivity index (χ2n) is 11.0. The van der Waals surface area contributed by atoms with Gasteiger partial charge in [0.2, 0.25) is 5.91 Å². The molecule has 1 saturated heterocycles. The molecule has 10 heteroatoms. The van der Waals surface area contributed by atoms with Crippen LogP contribution in [0.4, 0.5) is 0 Å². The molecular weight excluding hydrogens is 520 g/mol. The van der Waals surface area contributed by atoms with E-state index in [1.54, 1.807) is 13.0 Å². The van der Waals surface area contributed by atoms with E-state index in [0.29, 0.717) is 30.6 Å². The molecule has 38 heavy (non-hydrogen) atoms. The Bertz CT molecular complexity index is 1260. The van der Waals surface area contributed by atoms with Crippen molar-refractivity contribution in [2.75, 3.05) is 25.1 Å². The number of nitrogens with one attached hydrogen (secondary N) is 1. The number of hydrogen-bond acceptors (Lipinski definition) is 7. The van der Waals surface area contributed by atoms with Gasteiger partial charge in [-0.25, -0.2) is 13.4 Å². The predicted molar refractivity (Wildman–Crippen MR) is 152 cm³/mol. The molecule has 1 N–H and O–H groups in total. The van der Waals surface area contributed by atoms with Gasteiger partial charge in [-0.2, -0.15) is 0 Å². The summed E-state index contributed by atoms with van der Waals surface area (Å²) >= 11 is 1.53. The summed E-state index contributed by atoms with van der Waals surface area (Å²) in [6.45, 7) is 8.44. The van der Waals surface area contributed by atoms with Crippen LogP contribution in [0.5, 0.6) is 0 Å². The molecule has 1 aromatic heterocycles. The maximum absolute atomic E-state index is 13.5. The van der Waals surface area contributed by atoms with E-state index in [1.807, 2.05) is 35.4 Å². The number of thiazole rings is 1. The highest BCUT2D eigenvalue weighted by molar-refractivity contribution is 7.91. The highest BCUT2D eigenvalue weighted by Gasteiger charge is 2.44. The number of sulfone groups is 1. The zero-order chi connectivity index (χ0) is 27.6. The van der Waals surface area contributed by atoms with Crippen LogP contribution in [0, 0.1) is 12.8 Å². The molecule has 2 amide bonds. The number of nitrogens with zero attached hydrogens (tertiary/aromatic N) is 3. The van der Waals surface area contributed by atoms with Crippen LogP contribution in [0.2, 0.25) is 0 Å². The topological polar surface area (TPSA) is 99.7 Å². The molecule has 8 nitrogen and oxygen atoms in total. The van der Waals surface area contributed by atoms with Gasteiger partial charge in [-0.05, 0) is 71.6 Å². The lowest BCUT2D eigenvalue weighted by atomic mass is 9.81. The van der Waals surface area contributed by atoms with Crippen molar-refractivity contribution in [3.63, 3.8) is 0 Å². The third kappa shape index (κ3) is 6.46. The van der Waals surface area contributed by atoms with Crippen molar-refractivity contribution in [1.29, 1.82) is 0 Å². The van der Waals surface area contributed by atoms with Gasteiger partial charge in [-0.3, -0.25) is 9.59 Å². The predicted octanol–water partition coefficient (Wildman–Crippen LogP) is 3.76. The normalized spacial score (nSPS) is 24.4. The van der Waals surface area contributed by atoms with Gasteiger partial charge in [0.1, 0.15) is 20.9 Å². The standard InChI is InChI=1S/C28H40N4O4S2/c1-6-38(35,36)17-22-15-23(31(5)18(2)3)10-11-25(22)32-13-12-24(28(32)34)30-26(33)20-8-7-9-21(14-20)27-29-19(4)16-37-27/h7-9,14,16,18,22-25H,6,10-13,15,17H2,1-5H3,(H,30,33)/t22-,23+,24-,25-/m0/s1. The number of rotatable bonds is 9. The van der Waals surface area contributed by atoms with Gasteiger partial charge < -0.3 is 15.1 Å². The van der Waals surface area contributed by atoms with Crippen LogP contribution in [-0.2, 0) is 14.6 Å². The maximum Gasteiger partial charge on any atom is 0.251 e. The van der Waals surface area contributed by atoms with Crippen LogP contribution in [0.15, 0.2) is 29.6 Å². The van der Waals surface area contributed by atoms with Crippen molar-refractivity contribution in [2.45, 2.75) is 77.5 Å². The summed E-state index contributed by atoms with van der Waals surface area (Å²) in [5, 5.41) is 5.77. The number of amides is 2. The number of hydrogen-bond donors (Lipinski definition) is 1. The SMILES string of the molecule is CCS(=O)(=O)C[C@@H]1C[C@H](N(C)C(C)C)CC[C@@H]1N1CC[C@H](NC(=O)c2cccc(-c3nc(C)cs3)c2)C1=O. The molecule has 1 saturated carbocycles. The fraction of sp³-hybridized carbons (Fsp3) is 0.607. The fourth-order valence-corrected chi connectivity index (χ4v) is 7.78. The minimum atomic E-state index is -3.19. The van der Waals surface area contributed by atoms with Gasteiger partial charge in [0.15, 0.2) is 0 Å². The third-order valence-corrected chi connectivity index (χ3v) is 11.0. The van der Waals surface area contributed by atoms with E-state index in [2.05, 4.69) is 36.1 Å². The van der Waals surface area contributed by atoms with Crippen LogP contribution < -0.4 is 5.32 Å². The Hall–Kier alpha value is -2.30. The molecule has 2 heterocycles. The van der Waals surface area contributed by atoms with E-state index >= 15 is 0 Å². The first-order valence-corrected chi connectivity index (χ1v) is 16.3. The monoisotopic (exact) mass is 560 g/mol. The van der Waals surface area contributed by atoms with Crippen molar-refractivity contribution in [1.82, 2.24) is 20.1 Å².